The molecule has 0 spiro atoms. The Hall–Kier alpha value is 1.59. The van der Waals surface area contributed by atoms with Crippen LogP contribution in [0.5, 0.6) is 0 Å². The predicted molar refractivity (Wildman–Crippen MR) is 186 cm³/mol. The molecule has 40 heavy (non-hydrogen) atoms. The molecule has 0 aliphatic heterocycles. The summed E-state index contributed by atoms with van der Waals surface area (Å²) in [5.41, 5.74) is 0. The Morgan fingerprint density at radius 2 is 0.600 bits per heavy atom. The van der Waals surface area contributed by atoms with Crippen LogP contribution in [0.2, 0.25) is 12.1 Å². The third-order valence-electron chi connectivity index (χ3n) is 6.03. The van der Waals surface area contributed by atoms with Gasteiger partial charge in [0, 0.05) is 63.2 Å². The van der Waals surface area contributed by atoms with E-state index in [-0.39, 0.29) is 0 Å². The lowest BCUT2D eigenvalue weighted by molar-refractivity contribution is 0.0570. The van der Waals surface area contributed by atoms with Gasteiger partial charge in [-0.05, 0) is 58.2 Å². The first-order chi connectivity index (χ1) is 19.6. The molecule has 12 heteroatoms. The minimum absolute atomic E-state index is 0.732. The number of rotatable bonds is 33. The van der Waals surface area contributed by atoms with E-state index in [1.54, 1.807) is 0 Å². The van der Waals surface area contributed by atoms with E-state index < -0.39 is 17.6 Å². The second kappa shape index (κ2) is 30.6. The van der Waals surface area contributed by atoms with Crippen molar-refractivity contribution in [1.82, 2.24) is 0 Å². The van der Waals surface area contributed by atoms with Crippen LogP contribution in [0.25, 0.3) is 0 Å². The summed E-state index contributed by atoms with van der Waals surface area (Å²) < 4.78 is 38.3. The Bertz CT molecular complexity index is 432. The Balaban J connectivity index is 4.77. The van der Waals surface area contributed by atoms with E-state index in [1.807, 2.05) is 41.2 Å². The molecule has 0 unspecified atom stereocenters. The molecule has 0 saturated heterocycles. The van der Waals surface area contributed by atoms with E-state index >= 15 is 0 Å². The van der Waals surface area contributed by atoms with Gasteiger partial charge in [-0.2, -0.15) is 0 Å². The normalized spacial score (nSPS) is 12.4. The molecule has 0 fully saturated rings. The highest BCUT2D eigenvalue weighted by atomic mass is 33.7. The van der Waals surface area contributed by atoms with E-state index in [9.17, 15) is 0 Å². The van der Waals surface area contributed by atoms with Crippen LogP contribution in [0.15, 0.2) is 0 Å². The number of hydrogen-bond donors (Lipinski definition) is 0. The van der Waals surface area contributed by atoms with Crippen molar-refractivity contribution in [3.63, 3.8) is 0 Å². The number of hydrogen-bond acceptors (Lipinski definition) is 10. The third-order valence-corrected chi connectivity index (χ3v) is 18.8. The van der Waals surface area contributed by atoms with Crippen molar-refractivity contribution < 1.29 is 26.6 Å². The van der Waals surface area contributed by atoms with Crippen LogP contribution in [0, 0.1) is 0 Å². The molecule has 0 aliphatic carbocycles. The maximum absolute atomic E-state index is 6.39. The fraction of sp³-hybridized carbons (Fsp3) is 1.00. The molecule has 0 aliphatic rings. The molecule has 0 heterocycles. The molecule has 0 rings (SSSR count). The van der Waals surface area contributed by atoms with Crippen molar-refractivity contribution in [2.75, 3.05) is 51.1 Å². The summed E-state index contributed by atoms with van der Waals surface area (Å²) in [5, 5.41) is 0. The first-order valence-corrected chi connectivity index (χ1v) is 25.0. The van der Waals surface area contributed by atoms with E-state index in [1.165, 1.54) is 0 Å². The van der Waals surface area contributed by atoms with Crippen LogP contribution >= 0.6 is 41.2 Å². The van der Waals surface area contributed by atoms with Crippen molar-refractivity contribution >= 4 is 58.8 Å². The summed E-state index contributed by atoms with van der Waals surface area (Å²) in [6.45, 7) is 17.6. The van der Waals surface area contributed by atoms with E-state index in [0.29, 0.717) is 0 Å². The summed E-state index contributed by atoms with van der Waals surface area (Å²) >= 11 is 0. The lowest BCUT2D eigenvalue weighted by Crippen LogP contribution is -2.47. The molecule has 242 valence electrons. The van der Waals surface area contributed by atoms with Crippen LogP contribution < -0.4 is 0 Å². The lowest BCUT2D eigenvalue weighted by Gasteiger charge is -2.30. The second-order valence-electron chi connectivity index (χ2n) is 9.86. The molecule has 0 saturated carbocycles. The van der Waals surface area contributed by atoms with Gasteiger partial charge in [0.15, 0.2) is 0 Å². The zero-order chi connectivity index (χ0) is 29.6. The van der Waals surface area contributed by atoms with Crippen LogP contribution in [-0.4, -0.2) is 68.8 Å². The monoisotopic (exact) mass is 678 g/mol. The molecule has 0 radical (unpaired) electrons. The van der Waals surface area contributed by atoms with E-state index in [4.69, 9.17) is 26.6 Å². The van der Waals surface area contributed by atoms with Gasteiger partial charge in [-0.3, -0.25) is 0 Å². The summed E-state index contributed by atoms with van der Waals surface area (Å²) in [4.78, 5) is 0. The van der Waals surface area contributed by atoms with Gasteiger partial charge in [0.25, 0.3) is 0 Å². The standard InChI is InChI=1S/C28H62O6S4Si2/c1-7-13-19-29-39(30-20-14-8-2,31-21-15-9-3)27-25-35-37-38-36-26-28-40(32-22-16-10-4,33-23-17-11-5)34-24-18-12-6/h7-28H2,1-6H3. The van der Waals surface area contributed by atoms with Crippen molar-refractivity contribution in [2.45, 2.75) is 131 Å². The first kappa shape index (κ1) is 41.6. The van der Waals surface area contributed by atoms with Crippen molar-refractivity contribution in [3.8, 4) is 0 Å². The smallest absolute Gasteiger partial charge is 0.373 e. The van der Waals surface area contributed by atoms with Gasteiger partial charge in [-0.1, -0.05) is 102 Å². The van der Waals surface area contributed by atoms with Gasteiger partial charge >= 0.3 is 17.6 Å². The van der Waals surface area contributed by atoms with Gasteiger partial charge in [-0.15, -0.1) is 0 Å². The van der Waals surface area contributed by atoms with Gasteiger partial charge in [0.2, 0.25) is 0 Å². The molecule has 0 atom stereocenters. The largest absolute Gasteiger partial charge is 0.501 e. The highest BCUT2D eigenvalue weighted by molar-refractivity contribution is 9.26. The zero-order valence-electron chi connectivity index (χ0n) is 26.6. The molecule has 0 aromatic carbocycles. The minimum Gasteiger partial charge on any atom is -0.373 e. The molecule has 6 nitrogen and oxygen atoms in total. The second-order valence-corrected chi connectivity index (χ2v) is 21.6. The quantitative estimate of drug-likeness (QED) is 0.0381. The molecular weight excluding hydrogens is 617 g/mol. The van der Waals surface area contributed by atoms with Crippen molar-refractivity contribution in [2.24, 2.45) is 0 Å². The molecule has 0 N–H and O–H groups in total. The molecular formula is C28H62O6S4Si2. The molecule has 0 aromatic heterocycles. The maximum Gasteiger partial charge on any atom is 0.501 e. The lowest BCUT2D eigenvalue weighted by atomic mass is 10.4. The average Bonchev–Trinajstić information content (AvgIpc) is 2.95. The van der Waals surface area contributed by atoms with Gasteiger partial charge in [0.1, 0.15) is 0 Å². The summed E-state index contributed by atoms with van der Waals surface area (Å²) in [6.07, 6.45) is 13.0. The minimum atomic E-state index is -2.65. The number of unbranched alkanes of at least 4 members (excludes halogenated alkanes) is 6. The van der Waals surface area contributed by atoms with Crippen LogP contribution in [-0.2, 0) is 26.6 Å². The highest BCUT2D eigenvalue weighted by Crippen LogP contribution is 2.44. The van der Waals surface area contributed by atoms with Gasteiger partial charge in [0.05, 0.1) is 0 Å². The Morgan fingerprint density at radius 1 is 0.375 bits per heavy atom. The molecule has 0 aromatic rings. The Labute approximate surface area is 265 Å². The molecule has 0 bridgehead atoms. The first-order valence-electron chi connectivity index (χ1n) is 16.0. The SMILES string of the molecule is CCCCO[Si](CCSSSSCC[Si](OCCCC)(OCCCC)OCCCC)(OCCCC)OCCCC. The van der Waals surface area contributed by atoms with E-state index in [2.05, 4.69) is 41.5 Å². The van der Waals surface area contributed by atoms with Crippen LogP contribution in [0.3, 0.4) is 0 Å². The summed E-state index contributed by atoms with van der Waals surface area (Å²) in [5.74, 6) is 1.93. The van der Waals surface area contributed by atoms with Crippen molar-refractivity contribution in [3.05, 3.63) is 0 Å². The third kappa shape index (κ3) is 23.0. The Morgan fingerprint density at radius 3 is 0.800 bits per heavy atom. The fourth-order valence-corrected chi connectivity index (χ4v) is 16.5. The van der Waals surface area contributed by atoms with Crippen LogP contribution in [0.4, 0.5) is 0 Å². The average molecular weight is 679 g/mol. The highest BCUT2D eigenvalue weighted by Gasteiger charge is 2.41. The van der Waals surface area contributed by atoms with Gasteiger partial charge in [-0.25, -0.2) is 0 Å². The molecule has 0 amide bonds. The topological polar surface area (TPSA) is 55.4 Å². The predicted octanol–water partition coefficient (Wildman–Crippen LogP) is 10.4. The summed E-state index contributed by atoms with van der Waals surface area (Å²) in [7, 11) is 2.13. The van der Waals surface area contributed by atoms with E-state index in [0.717, 1.165) is 140 Å². The fourth-order valence-electron chi connectivity index (χ4n) is 3.36. The maximum atomic E-state index is 6.39. The zero-order valence-corrected chi connectivity index (χ0v) is 31.9. The van der Waals surface area contributed by atoms with Crippen molar-refractivity contribution in [1.29, 1.82) is 0 Å². The van der Waals surface area contributed by atoms with Gasteiger partial charge < -0.3 is 26.6 Å². The summed E-state index contributed by atoms with van der Waals surface area (Å²) in [6, 6.07) is 1.73. The van der Waals surface area contributed by atoms with Crippen LogP contribution in [0.1, 0.15) is 119 Å². The Kier molecular flexibility index (Phi) is 31.8.